The van der Waals surface area contributed by atoms with Crippen LogP contribution in [0.4, 0.5) is 11.4 Å². The van der Waals surface area contributed by atoms with Gasteiger partial charge < -0.3 is 11.1 Å². The van der Waals surface area contributed by atoms with E-state index in [9.17, 15) is 0 Å². The number of aryl methyl sites for hydroxylation is 2. The summed E-state index contributed by atoms with van der Waals surface area (Å²) in [6.45, 7) is 4.11. The Kier molecular flexibility index (Phi) is 3.58. The van der Waals surface area contributed by atoms with E-state index in [2.05, 4.69) is 42.3 Å². The Balaban J connectivity index is 2.40. The van der Waals surface area contributed by atoms with Gasteiger partial charge in [-0.05, 0) is 37.1 Å². The molecule has 0 amide bonds. The van der Waals surface area contributed by atoms with Crippen LogP contribution in [0.3, 0.4) is 0 Å². The van der Waals surface area contributed by atoms with E-state index in [1.54, 1.807) is 12.4 Å². The second-order valence-corrected chi connectivity index (χ2v) is 4.67. The molecule has 0 spiro atoms. The standard InChI is InChI=1S/C14H15N3S/c1-9-3-4-10(2)12(7-9)17-13-8-16-6-5-11(13)14(15)18/h3-8,17H,1-2H3,(H2,15,18). The molecule has 3 nitrogen and oxygen atoms in total. The Morgan fingerprint density at radius 1 is 1.22 bits per heavy atom. The Bertz CT molecular complexity index is 593. The highest BCUT2D eigenvalue weighted by molar-refractivity contribution is 7.80. The van der Waals surface area contributed by atoms with Gasteiger partial charge >= 0.3 is 0 Å². The Morgan fingerprint density at radius 3 is 2.72 bits per heavy atom. The van der Waals surface area contributed by atoms with Gasteiger partial charge in [-0.1, -0.05) is 24.4 Å². The van der Waals surface area contributed by atoms with Crippen molar-refractivity contribution < 1.29 is 0 Å². The Hall–Kier alpha value is -1.94. The first-order valence-electron chi connectivity index (χ1n) is 5.66. The molecule has 92 valence electrons. The largest absolute Gasteiger partial charge is 0.389 e. The number of hydrogen-bond donors (Lipinski definition) is 2. The number of nitrogens with zero attached hydrogens (tertiary/aromatic N) is 1. The van der Waals surface area contributed by atoms with Crippen LogP contribution in [0.2, 0.25) is 0 Å². The average molecular weight is 257 g/mol. The highest BCUT2D eigenvalue weighted by atomic mass is 32.1. The molecule has 1 aromatic heterocycles. The number of benzene rings is 1. The number of nitrogens with two attached hydrogens (primary N) is 1. The van der Waals surface area contributed by atoms with Gasteiger partial charge in [-0.3, -0.25) is 4.98 Å². The van der Waals surface area contributed by atoms with Gasteiger partial charge in [0.1, 0.15) is 4.99 Å². The van der Waals surface area contributed by atoms with Gasteiger partial charge in [0.25, 0.3) is 0 Å². The number of anilines is 2. The van der Waals surface area contributed by atoms with Crippen molar-refractivity contribution in [2.75, 3.05) is 5.32 Å². The minimum atomic E-state index is 0.366. The van der Waals surface area contributed by atoms with Crippen LogP contribution in [0.25, 0.3) is 0 Å². The maximum absolute atomic E-state index is 5.70. The summed E-state index contributed by atoms with van der Waals surface area (Å²) >= 11 is 5.03. The highest BCUT2D eigenvalue weighted by Gasteiger charge is 2.06. The summed E-state index contributed by atoms with van der Waals surface area (Å²) in [5.74, 6) is 0. The first-order valence-corrected chi connectivity index (χ1v) is 6.07. The number of rotatable bonds is 3. The maximum Gasteiger partial charge on any atom is 0.106 e. The predicted molar refractivity (Wildman–Crippen MR) is 79.3 cm³/mol. The number of pyridine rings is 1. The third-order valence-electron chi connectivity index (χ3n) is 2.75. The van der Waals surface area contributed by atoms with Gasteiger partial charge in [0.15, 0.2) is 0 Å². The average Bonchev–Trinajstić information content (AvgIpc) is 2.34. The van der Waals surface area contributed by atoms with Crippen LogP contribution in [-0.4, -0.2) is 9.97 Å². The minimum Gasteiger partial charge on any atom is -0.389 e. The normalized spacial score (nSPS) is 10.1. The third-order valence-corrected chi connectivity index (χ3v) is 2.97. The van der Waals surface area contributed by atoms with Crippen molar-refractivity contribution in [3.8, 4) is 0 Å². The molecular formula is C14H15N3S. The first-order chi connectivity index (χ1) is 8.58. The highest BCUT2D eigenvalue weighted by Crippen LogP contribution is 2.23. The van der Waals surface area contributed by atoms with E-state index >= 15 is 0 Å². The molecule has 3 N–H and O–H groups in total. The third kappa shape index (κ3) is 2.65. The van der Waals surface area contributed by atoms with Crippen molar-refractivity contribution in [3.05, 3.63) is 53.3 Å². The number of aromatic nitrogens is 1. The molecule has 1 aromatic carbocycles. The zero-order chi connectivity index (χ0) is 13.1. The fourth-order valence-corrected chi connectivity index (χ4v) is 1.90. The first kappa shape index (κ1) is 12.5. The molecule has 0 aliphatic carbocycles. The van der Waals surface area contributed by atoms with Gasteiger partial charge in [0, 0.05) is 17.4 Å². The minimum absolute atomic E-state index is 0.366. The smallest absolute Gasteiger partial charge is 0.106 e. The molecular weight excluding hydrogens is 242 g/mol. The summed E-state index contributed by atoms with van der Waals surface area (Å²) in [7, 11) is 0. The molecule has 0 saturated heterocycles. The molecule has 2 aromatic rings. The van der Waals surface area contributed by atoms with E-state index in [0.717, 1.165) is 16.9 Å². The Labute approximate surface area is 112 Å². The molecule has 0 radical (unpaired) electrons. The zero-order valence-corrected chi connectivity index (χ0v) is 11.2. The fraction of sp³-hybridized carbons (Fsp3) is 0.143. The molecule has 0 aliphatic heterocycles. The summed E-state index contributed by atoms with van der Waals surface area (Å²) in [6, 6.07) is 8.06. The lowest BCUT2D eigenvalue weighted by atomic mass is 10.1. The molecule has 2 rings (SSSR count). The van der Waals surface area contributed by atoms with Crippen LogP contribution in [0, 0.1) is 13.8 Å². The van der Waals surface area contributed by atoms with Gasteiger partial charge in [-0.2, -0.15) is 0 Å². The van der Waals surface area contributed by atoms with Crippen molar-refractivity contribution in [1.82, 2.24) is 4.98 Å². The maximum atomic E-state index is 5.70. The lowest BCUT2D eigenvalue weighted by Crippen LogP contribution is -2.12. The van der Waals surface area contributed by atoms with Crippen LogP contribution in [0.1, 0.15) is 16.7 Å². The summed E-state index contributed by atoms with van der Waals surface area (Å²) < 4.78 is 0. The van der Waals surface area contributed by atoms with Crippen LogP contribution in [0.15, 0.2) is 36.7 Å². The van der Waals surface area contributed by atoms with Crippen molar-refractivity contribution in [2.45, 2.75) is 13.8 Å². The van der Waals surface area contributed by atoms with Crippen molar-refractivity contribution >= 4 is 28.6 Å². The van der Waals surface area contributed by atoms with Gasteiger partial charge in [-0.15, -0.1) is 0 Å². The van der Waals surface area contributed by atoms with Gasteiger partial charge in [-0.25, -0.2) is 0 Å². The van der Waals surface area contributed by atoms with Crippen LogP contribution < -0.4 is 11.1 Å². The van der Waals surface area contributed by atoms with Gasteiger partial charge in [0.05, 0.1) is 11.9 Å². The van der Waals surface area contributed by atoms with Gasteiger partial charge in [0.2, 0.25) is 0 Å². The summed E-state index contributed by atoms with van der Waals surface area (Å²) in [5.41, 5.74) is 10.7. The van der Waals surface area contributed by atoms with E-state index < -0.39 is 0 Å². The molecule has 1 heterocycles. The summed E-state index contributed by atoms with van der Waals surface area (Å²) in [5, 5.41) is 3.33. The van der Waals surface area contributed by atoms with E-state index in [-0.39, 0.29) is 0 Å². The van der Waals surface area contributed by atoms with E-state index in [1.165, 1.54) is 11.1 Å². The molecule has 0 atom stereocenters. The SMILES string of the molecule is Cc1ccc(C)c(Nc2cnccc2C(N)=S)c1. The molecule has 18 heavy (non-hydrogen) atoms. The molecule has 0 saturated carbocycles. The predicted octanol–water partition coefficient (Wildman–Crippen LogP) is 3.08. The molecule has 0 bridgehead atoms. The Morgan fingerprint density at radius 2 is 2.00 bits per heavy atom. The van der Waals surface area contributed by atoms with E-state index in [4.69, 9.17) is 18.0 Å². The second-order valence-electron chi connectivity index (χ2n) is 4.23. The number of thiocarbonyl (C=S) groups is 1. The molecule has 0 unspecified atom stereocenters. The lowest BCUT2D eigenvalue weighted by molar-refractivity contribution is 1.30. The van der Waals surface area contributed by atoms with Crippen molar-refractivity contribution in [3.63, 3.8) is 0 Å². The lowest BCUT2D eigenvalue weighted by Gasteiger charge is -2.13. The topological polar surface area (TPSA) is 50.9 Å². The number of hydrogen-bond acceptors (Lipinski definition) is 3. The fourth-order valence-electron chi connectivity index (χ4n) is 1.72. The molecule has 4 heteroatoms. The van der Waals surface area contributed by atoms with Crippen LogP contribution in [0.5, 0.6) is 0 Å². The molecule has 0 aliphatic rings. The zero-order valence-electron chi connectivity index (χ0n) is 10.4. The monoisotopic (exact) mass is 257 g/mol. The van der Waals surface area contributed by atoms with Crippen LogP contribution >= 0.6 is 12.2 Å². The summed E-state index contributed by atoms with van der Waals surface area (Å²) in [4.78, 5) is 4.46. The number of nitrogens with one attached hydrogen (secondary N) is 1. The van der Waals surface area contributed by atoms with E-state index in [1.807, 2.05) is 6.07 Å². The van der Waals surface area contributed by atoms with Crippen molar-refractivity contribution in [1.29, 1.82) is 0 Å². The van der Waals surface area contributed by atoms with Crippen molar-refractivity contribution in [2.24, 2.45) is 5.73 Å². The summed E-state index contributed by atoms with van der Waals surface area (Å²) in [6.07, 6.45) is 3.42. The second kappa shape index (κ2) is 5.14. The quantitative estimate of drug-likeness (QED) is 0.830. The van der Waals surface area contributed by atoms with E-state index in [0.29, 0.717) is 4.99 Å². The van der Waals surface area contributed by atoms with Crippen LogP contribution in [-0.2, 0) is 0 Å². The molecule has 0 fully saturated rings.